The summed E-state index contributed by atoms with van der Waals surface area (Å²) in [6.07, 6.45) is 2.21. The molecule has 0 bridgehead atoms. The zero-order valence-corrected chi connectivity index (χ0v) is 34.8. The fourth-order valence-corrected chi connectivity index (χ4v) is 27.6. The van der Waals surface area contributed by atoms with E-state index >= 15 is 0 Å². The highest BCUT2D eigenvalue weighted by Crippen LogP contribution is 2.34. The first-order chi connectivity index (χ1) is 16.4. The number of hydrogen-bond acceptors (Lipinski definition) is 6. The van der Waals surface area contributed by atoms with Crippen molar-refractivity contribution in [2.75, 3.05) is 0 Å². The third kappa shape index (κ3) is 15.7. The molecule has 0 unspecified atom stereocenters. The van der Waals surface area contributed by atoms with Crippen molar-refractivity contribution in [2.45, 2.75) is 98.2 Å². The molecule has 0 aromatic heterocycles. The van der Waals surface area contributed by atoms with Gasteiger partial charge in [0.15, 0.2) is 41.6 Å². The van der Waals surface area contributed by atoms with Gasteiger partial charge in [0.25, 0.3) is 10.0 Å². The van der Waals surface area contributed by atoms with E-state index in [1.807, 2.05) is 6.07 Å². The summed E-state index contributed by atoms with van der Waals surface area (Å²) in [4.78, 5) is 1.01. The Hall–Kier alpha value is 0.455. The van der Waals surface area contributed by atoms with Gasteiger partial charge in [0.2, 0.25) is 0 Å². The van der Waals surface area contributed by atoms with Crippen LogP contribution in [0.25, 0.3) is 6.08 Å². The summed E-state index contributed by atoms with van der Waals surface area (Å²) < 4.78 is 41.5. The van der Waals surface area contributed by atoms with E-state index in [0.29, 0.717) is 0 Å². The summed E-state index contributed by atoms with van der Waals surface area (Å²) in [5.41, 5.74) is 1.08. The molecule has 1 rings (SSSR count). The normalized spacial score (nSPS) is 15.3. The Morgan fingerprint density at radius 1 is 0.595 bits per heavy atom. The molecule has 0 heterocycles. The summed E-state index contributed by atoms with van der Waals surface area (Å²) in [6.45, 7) is 33.2. The van der Waals surface area contributed by atoms with E-state index in [0.717, 1.165) is 10.4 Å². The molecule has 0 saturated carbocycles. The zero-order valence-electron chi connectivity index (χ0n) is 26.2. The highest BCUT2D eigenvalue weighted by Gasteiger charge is 2.56. The van der Waals surface area contributed by atoms with Gasteiger partial charge in [0.05, 0.1) is 0 Å². The molecule has 0 amide bonds. The fraction of sp³-hybridized carbons (Fsp3) is 0.652. The Labute approximate surface area is 238 Å². The quantitative estimate of drug-likeness (QED) is 0.200. The van der Waals surface area contributed by atoms with E-state index in [9.17, 15) is 0 Å². The van der Waals surface area contributed by atoms with Gasteiger partial charge in [-0.15, -0.1) is 0 Å². The first-order valence-electron chi connectivity index (χ1n) is 13.2. The summed E-state index contributed by atoms with van der Waals surface area (Å²) in [5, 5.41) is 0. The van der Waals surface area contributed by atoms with Crippen molar-refractivity contribution in [2.24, 2.45) is 0 Å². The predicted octanol–water partition coefficient (Wildman–Crippen LogP) is 6.58. The van der Waals surface area contributed by atoms with Crippen molar-refractivity contribution < 1.29 is 24.7 Å². The molecule has 0 spiro atoms. The Morgan fingerprint density at radius 2 is 1.03 bits per heavy atom. The van der Waals surface area contributed by atoms with Crippen LogP contribution >= 0.6 is 0 Å². The molecule has 0 aliphatic carbocycles. The monoisotopic (exact) mass is 650 g/mol. The van der Waals surface area contributed by atoms with Crippen LogP contribution < -0.4 is 0 Å². The van der Waals surface area contributed by atoms with Crippen LogP contribution in [0.1, 0.15) is 5.56 Å². The summed E-state index contributed by atoms with van der Waals surface area (Å²) in [7, 11) is -17.3. The molecule has 6 nitrogen and oxygen atoms in total. The van der Waals surface area contributed by atoms with E-state index in [1.165, 1.54) is 0 Å². The van der Waals surface area contributed by atoms with E-state index in [2.05, 4.69) is 129 Å². The third-order valence-corrected chi connectivity index (χ3v) is 27.9. The average molecular weight is 651 g/mol. The molecule has 1 aromatic rings. The smallest absolute Gasteiger partial charge is 0.441 e. The Kier molecular flexibility index (Phi) is 12.9. The minimum Gasteiger partial charge on any atom is -0.441 e. The van der Waals surface area contributed by atoms with Crippen molar-refractivity contribution in [1.29, 1.82) is 0 Å². The zero-order chi connectivity index (χ0) is 28.9. The molecular formula is C23H54O6Si8. The lowest BCUT2D eigenvalue weighted by Gasteiger charge is -2.44. The van der Waals surface area contributed by atoms with Crippen LogP contribution in [0, 0.1) is 0 Å². The second-order valence-electron chi connectivity index (χ2n) is 14.3. The molecule has 1 aromatic carbocycles. The molecule has 0 fully saturated rings. The van der Waals surface area contributed by atoms with E-state index in [4.69, 9.17) is 24.7 Å². The maximum atomic E-state index is 7.14. The second-order valence-corrected chi connectivity index (χ2v) is 45.0. The van der Waals surface area contributed by atoms with Gasteiger partial charge < -0.3 is 24.7 Å². The minimum atomic E-state index is -3.44. The lowest BCUT2D eigenvalue weighted by molar-refractivity contribution is 0.259. The molecule has 14 heteroatoms. The van der Waals surface area contributed by atoms with Gasteiger partial charge in [-0.2, -0.15) is 0 Å². The highest BCUT2D eigenvalue weighted by molar-refractivity contribution is 7.00. The standard InChI is InChI=1S/C23H54O6Si8/c1-32(2,3)24-30-25-37(28-35(10,11)12,29-36(13,14)15)23(21-22-19-17-16-18-20-22)31(26-33(4,5)6)27-34(7,8)9/h16-21,31H,30H2,1-15H3. The van der Waals surface area contributed by atoms with Crippen LogP contribution in [0.3, 0.4) is 0 Å². The first-order valence-corrected chi connectivity index (χ1v) is 34.6. The average Bonchev–Trinajstić information content (AvgIpc) is 2.60. The molecule has 0 atom stereocenters. The number of rotatable bonds is 15. The van der Waals surface area contributed by atoms with Gasteiger partial charge in [-0.25, -0.2) is 0 Å². The van der Waals surface area contributed by atoms with Crippen LogP contribution in [0.4, 0.5) is 0 Å². The summed E-state index contributed by atoms with van der Waals surface area (Å²) in [6, 6.07) is 10.4. The fourth-order valence-electron chi connectivity index (χ4n) is 3.19. The molecule has 214 valence electrons. The highest BCUT2D eigenvalue weighted by atomic mass is 28.5. The largest absolute Gasteiger partial charge is 0.503 e. The van der Waals surface area contributed by atoms with Gasteiger partial charge in [-0.1, -0.05) is 36.4 Å². The molecule has 0 N–H and O–H groups in total. The molecule has 0 aliphatic heterocycles. The Bertz CT molecular complexity index is 833. The molecule has 0 aliphatic rings. The van der Waals surface area contributed by atoms with Gasteiger partial charge in [0.1, 0.15) is 0 Å². The lowest BCUT2D eigenvalue weighted by Crippen LogP contribution is -2.63. The lowest BCUT2D eigenvalue weighted by atomic mass is 10.2. The Morgan fingerprint density at radius 3 is 1.38 bits per heavy atom. The number of hydrogen-bond donors (Lipinski definition) is 0. The maximum Gasteiger partial charge on any atom is 0.503 e. The van der Waals surface area contributed by atoms with Crippen LogP contribution in [0.5, 0.6) is 0 Å². The van der Waals surface area contributed by atoms with Crippen LogP contribution in [-0.4, -0.2) is 69.7 Å². The van der Waals surface area contributed by atoms with Crippen molar-refractivity contribution in [1.82, 2.24) is 0 Å². The van der Waals surface area contributed by atoms with Gasteiger partial charge in [-0.05, 0) is 104 Å². The molecule has 37 heavy (non-hydrogen) atoms. The van der Waals surface area contributed by atoms with Gasteiger partial charge >= 0.3 is 18.1 Å². The van der Waals surface area contributed by atoms with Crippen molar-refractivity contribution >= 4 is 75.8 Å². The SMILES string of the molecule is C[Si](C)(C)O[SiH2]O[Si](O[Si](C)(C)C)(O[Si](C)(C)C)C(=Cc1ccccc1)[SiH](O[Si](C)(C)C)O[Si](C)(C)C. The predicted molar refractivity (Wildman–Crippen MR) is 179 cm³/mol. The van der Waals surface area contributed by atoms with Crippen molar-refractivity contribution in [3.8, 4) is 0 Å². The van der Waals surface area contributed by atoms with Crippen molar-refractivity contribution in [3.63, 3.8) is 0 Å². The van der Waals surface area contributed by atoms with E-state index in [1.54, 1.807) is 0 Å². The van der Waals surface area contributed by atoms with Gasteiger partial charge in [-0.3, -0.25) is 0 Å². The van der Waals surface area contributed by atoms with Crippen LogP contribution in [0.15, 0.2) is 35.2 Å². The third-order valence-electron chi connectivity index (χ3n) is 4.27. The first kappa shape index (κ1) is 35.5. The molecule has 0 saturated heterocycles. The van der Waals surface area contributed by atoms with E-state index in [-0.39, 0.29) is 0 Å². The molecule has 0 radical (unpaired) electrons. The van der Waals surface area contributed by atoms with Crippen LogP contribution in [0.2, 0.25) is 98.2 Å². The Balaban J connectivity index is 3.98. The number of benzene rings is 1. The minimum absolute atomic E-state index is 1.01. The van der Waals surface area contributed by atoms with E-state index < -0.39 is 69.7 Å². The maximum absolute atomic E-state index is 7.14. The topological polar surface area (TPSA) is 55.4 Å². The second kappa shape index (κ2) is 13.4. The van der Waals surface area contributed by atoms with Crippen LogP contribution in [-0.2, 0) is 24.7 Å². The van der Waals surface area contributed by atoms with Crippen molar-refractivity contribution in [3.05, 3.63) is 40.7 Å². The molecular weight excluding hydrogens is 597 g/mol. The summed E-state index contributed by atoms with van der Waals surface area (Å²) >= 11 is 0. The summed E-state index contributed by atoms with van der Waals surface area (Å²) in [5.74, 6) is 0. The van der Waals surface area contributed by atoms with Gasteiger partial charge in [0, 0.05) is 4.82 Å².